The van der Waals surface area contributed by atoms with Gasteiger partial charge < -0.3 is 10.2 Å². The van der Waals surface area contributed by atoms with Crippen LogP contribution in [0.2, 0.25) is 0 Å². The fourth-order valence-corrected chi connectivity index (χ4v) is 2.79. The quantitative estimate of drug-likeness (QED) is 0.821. The fraction of sp³-hybridized carbons (Fsp3) is 0.700. The Morgan fingerprint density at radius 1 is 1.71 bits per heavy atom. The van der Waals surface area contributed by atoms with Gasteiger partial charge in [-0.3, -0.25) is 0 Å². The summed E-state index contributed by atoms with van der Waals surface area (Å²) in [5, 5.41) is 6.56. The Morgan fingerprint density at radius 2 is 2.57 bits per heavy atom. The van der Waals surface area contributed by atoms with Crippen molar-refractivity contribution in [3.8, 4) is 0 Å². The summed E-state index contributed by atoms with van der Waals surface area (Å²) in [6, 6.07) is 0. The molecule has 3 nitrogen and oxygen atoms in total. The van der Waals surface area contributed by atoms with Crippen LogP contribution in [0.3, 0.4) is 0 Å². The molecule has 0 spiro atoms. The van der Waals surface area contributed by atoms with Crippen LogP contribution in [0.5, 0.6) is 0 Å². The molecule has 2 rings (SSSR count). The molecule has 1 aromatic rings. The van der Waals surface area contributed by atoms with E-state index in [0.717, 1.165) is 24.7 Å². The van der Waals surface area contributed by atoms with Gasteiger partial charge >= 0.3 is 0 Å². The first kappa shape index (κ1) is 9.93. The van der Waals surface area contributed by atoms with Gasteiger partial charge in [-0.05, 0) is 32.9 Å². The Bertz CT molecular complexity index is 297. The highest BCUT2D eigenvalue weighted by Gasteiger charge is 2.23. The van der Waals surface area contributed by atoms with Crippen molar-refractivity contribution in [1.82, 2.24) is 10.3 Å². The van der Waals surface area contributed by atoms with Gasteiger partial charge in [0.25, 0.3) is 0 Å². The van der Waals surface area contributed by atoms with Crippen LogP contribution >= 0.6 is 11.3 Å². The minimum atomic E-state index is 0.796. The highest BCUT2D eigenvalue weighted by Crippen LogP contribution is 2.26. The number of rotatable bonds is 3. The van der Waals surface area contributed by atoms with Gasteiger partial charge in [0.2, 0.25) is 0 Å². The lowest BCUT2D eigenvalue weighted by atomic mass is 10.1. The van der Waals surface area contributed by atoms with Gasteiger partial charge in [-0.25, -0.2) is 4.98 Å². The number of anilines is 1. The van der Waals surface area contributed by atoms with Gasteiger partial charge in [0.05, 0.1) is 5.69 Å². The molecule has 1 atom stereocenters. The number of aromatic nitrogens is 1. The van der Waals surface area contributed by atoms with Crippen LogP contribution in [0, 0.1) is 12.8 Å². The van der Waals surface area contributed by atoms with E-state index in [1.807, 2.05) is 7.05 Å². The van der Waals surface area contributed by atoms with Gasteiger partial charge in [-0.15, -0.1) is 11.3 Å². The molecule has 0 aliphatic carbocycles. The van der Waals surface area contributed by atoms with Crippen LogP contribution in [-0.2, 0) is 0 Å². The Balaban J connectivity index is 1.95. The van der Waals surface area contributed by atoms with E-state index < -0.39 is 0 Å². The van der Waals surface area contributed by atoms with E-state index >= 15 is 0 Å². The second kappa shape index (κ2) is 4.28. The maximum absolute atomic E-state index is 4.51. The summed E-state index contributed by atoms with van der Waals surface area (Å²) in [5.74, 6) is 0.796. The van der Waals surface area contributed by atoms with Crippen LogP contribution < -0.4 is 10.2 Å². The molecule has 78 valence electrons. The summed E-state index contributed by atoms with van der Waals surface area (Å²) in [6.07, 6.45) is 1.29. The molecule has 0 aromatic carbocycles. The lowest BCUT2D eigenvalue weighted by Gasteiger charge is -2.14. The third kappa shape index (κ3) is 2.07. The standard InChI is InChI=1S/C10H17N3S/c1-8-7-14-10(12-8)13-4-3-9(6-13)5-11-2/h7,9,11H,3-6H2,1-2H3. The Hall–Kier alpha value is -0.610. The van der Waals surface area contributed by atoms with E-state index in [4.69, 9.17) is 0 Å². The van der Waals surface area contributed by atoms with Crippen LogP contribution in [0.25, 0.3) is 0 Å². The van der Waals surface area contributed by atoms with E-state index in [1.54, 1.807) is 11.3 Å². The number of aryl methyl sites for hydroxylation is 1. The minimum absolute atomic E-state index is 0.796. The van der Waals surface area contributed by atoms with Crippen molar-refractivity contribution in [3.05, 3.63) is 11.1 Å². The van der Waals surface area contributed by atoms with Gasteiger partial charge in [0.15, 0.2) is 5.13 Å². The largest absolute Gasteiger partial charge is 0.348 e. The molecule has 4 heteroatoms. The summed E-state index contributed by atoms with van der Waals surface area (Å²) in [7, 11) is 2.02. The van der Waals surface area contributed by atoms with E-state index in [-0.39, 0.29) is 0 Å². The zero-order valence-corrected chi connectivity index (χ0v) is 9.60. The minimum Gasteiger partial charge on any atom is -0.348 e. The van der Waals surface area contributed by atoms with Crippen molar-refractivity contribution in [2.24, 2.45) is 5.92 Å². The lowest BCUT2D eigenvalue weighted by molar-refractivity contribution is 0.549. The first-order chi connectivity index (χ1) is 6.79. The average molecular weight is 211 g/mol. The van der Waals surface area contributed by atoms with E-state index in [9.17, 15) is 0 Å². The molecule has 1 fully saturated rings. The second-order valence-corrected chi connectivity index (χ2v) is 4.77. The highest BCUT2D eigenvalue weighted by molar-refractivity contribution is 7.13. The van der Waals surface area contributed by atoms with Crippen molar-refractivity contribution >= 4 is 16.5 Å². The predicted octanol–water partition coefficient (Wildman–Crippen LogP) is 1.50. The SMILES string of the molecule is CNCC1CCN(c2nc(C)cs2)C1. The number of nitrogens with one attached hydrogen (secondary N) is 1. The normalized spacial score (nSPS) is 21.9. The van der Waals surface area contributed by atoms with E-state index in [1.165, 1.54) is 18.1 Å². The van der Waals surface area contributed by atoms with Crippen LogP contribution in [-0.4, -0.2) is 31.7 Å². The molecular weight excluding hydrogens is 194 g/mol. The molecule has 0 saturated carbocycles. The van der Waals surface area contributed by atoms with Crippen molar-refractivity contribution < 1.29 is 0 Å². The smallest absolute Gasteiger partial charge is 0.185 e. The van der Waals surface area contributed by atoms with Crippen molar-refractivity contribution in [2.75, 3.05) is 31.6 Å². The Labute approximate surface area is 89.1 Å². The molecule has 1 aliphatic rings. The van der Waals surface area contributed by atoms with Gasteiger partial charge in [-0.2, -0.15) is 0 Å². The van der Waals surface area contributed by atoms with Crippen molar-refractivity contribution in [1.29, 1.82) is 0 Å². The lowest BCUT2D eigenvalue weighted by Crippen LogP contribution is -2.24. The topological polar surface area (TPSA) is 28.2 Å². The average Bonchev–Trinajstić information content (AvgIpc) is 2.74. The van der Waals surface area contributed by atoms with E-state index in [0.29, 0.717) is 0 Å². The fourth-order valence-electron chi connectivity index (χ4n) is 1.95. The molecule has 0 radical (unpaired) electrons. The predicted molar refractivity (Wildman–Crippen MR) is 61.1 cm³/mol. The number of hydrogen-bond acceptors (Lipinski definition) is 4. The number of nitrogens with zero attached hydrogens (tertiary/aromatic N) is 2. The monoisotopic (exact) mass is 211 g/mol. The first-order valence-electron chi connectivity index (χ1n) is 5.11. The summed E-state index contributed by atoms with van der Waals surface area (Å²) in [4.78, 5) is 6.91. The summed E-state index contributed by atoms with van der Waals surface area (Å²) in [6.45, 7) is 5.51. The van der Waals surface area contributed by atoms with Crippen molar-refractivity contribution in [2.45, 2.75) is 13.3 Å². The zero-order valence-electron chi connectivity index (χ0n) is 8.79. The molecule has 0 amide bonds. The molecule has 0 bridgehead atoms. The molecule has 1 aliphatic heterocycles. The second-order valence-electron chi connectivity index (χ2n) is 3.93. The third-order valence-electron chi connectivity index (χ3n) is 2.66. The van der Waals surface area contributed by atoms with Gasteiger partial charge in [0.1, 0.15) is 0 Å². The Kier molecular flexibility index (Phi) is 3.03. The van der Waals surface area contributed by atoms with Gasteiger partial charge in [0, 0.05) is 18.5 Å². The molecule has 1 N–H and O–H groups in total. The third-order valence-corrected chi connectivity index (χ3v) is 3.68. The summed E-state index contributed by atoms with van der Waals surface area (Å²) >= 11 is 1.76. The summed E-state index contributed by atoms with van der Waals surface area (Å²) in [5.41, 5.74) is 1.14. The number of thiazole rings is 1. The zero-order chi connectivity index (χ0) is 9.97. The number of hydrogen-bond donors (Lipinski definition) is 1. The molecule has 2 heterocycles. The van der Waals surface area contributed by atoms with Crippen molar-refractivity contribution in [3.63, 3.8) is 0 Å². The maximum Gasteiger partial charge on any atom is 0.185 e. The highest BCUT2D eigenvalue weighted by atomic mass is 32.1. The van der Waals surface area contributed by atoms with Crippen LogP contribution in [0.15, 0.2) is 5.38 Å². The molecule has 1 unspecified atom stereocenters. The van der Waals surface area contributed by atoms with Crippen LogP contribution in [0.1, 0.15) is 12.1 Å². The molecule has 14 heavy (non-hydrogen) atoms. The first-order valence-corrected chi connectivity index (χ1v) is 5.99. The Morgan fingerprint density at radius 3 is 3.21 bits per heavy atom. The van der Waals surface area contributed by atoms with Gasteiger partial charge in [-0.1, -0.05) is 0 Å². The molecular formula is C10H17N3S. The maximum atomic E-state index is 4.51. The molecule has 1 aromatic heterocycles. The summed E-state index contributed by atoms with van der Waals surface area (Å²) < 4.78 is 0. The molecule has 1 saturated heterocycles. The van der Waals surface area contributed by atoms with Crippen LogP contribution in [0.4, 0.5) is 5.13 Å². The van der Waals surface area contributed by atoms with E-state index in [2.05, 4.69) is 27.5 Å².